The fourth-order valence-electron chi connectivity index (χ4n) is 3.52. The number of Topliss-reactive ketones (excluding diaryl/α,β-unsaturated/α-hetero) is 1. The Labute approximate surface area is 123 Å². The van der Waals surface area contributed by atoms with Crippen molar-refractivity contribution in [1.29, 1.82) is 0 Å². The van der Waals surface area contributed by atoms with Gasteiger partial charge in [-0.25, -0.2) is 0 Å². The molecule has 0 saturated carbocycles. The Morgan fingerprint density at radius 3 is 2.62 bits per heavy atom. The van der Waals surface area contributed by atoms with Crippen molar-refractivity contribution in [2.24, 2.45) is 11.3 Å². The quantitative estimate of drug-likeness (QED) is 0.614. The normalized spacial score (nSPS) is 35.8. The zero-order valence-electron chi connectivity index (χ0n) is 12.7. The molecule has 0 fully saturated rings. The average molecular weight is 292 g/mol. The summed E-state index contributed by atoms with van der Waals surface area (Å²) in [5.74, 6) is -1.78. The number of esters is 1. The van der Waals surface area contributed by atoms with Crippen molar-refractivity contribution in [2.75, 3.05) is 7.11 Å². The van der Waals surface area contributed by atoms with Crippen molar-refractivity contribution in [3.8, 4) is 0 Å². The Bertz CT molecular complexity index is 585. The molecule has 2 aliphatic rings. The highest BCUT2D eigenvalue weighted by atomic mass is 16.5. The molecule has 114 valence electrons. The lowest BCUT2D eigenvalue weighted by molar-refractivity contribution is -0.168. The predicted octanol–water partition coefficient (Wildman–Crippen LogP) is 1.35. The first-order valence-electron chi connectivity index (χ1n) is 6.92. The van der Waals surface area contributed by atoms with E-state index < -0.39 is 28.7 Å². The number of ether oxygens (including phenoxy) is 1. The molecule has 2 rings (SSSR count). The van der Waals surface area contributed by atoms with Gasteiger partial charge in [0.25, 0.3) is 0 Å². The summed E-state index contributed by atoms with van der Waals surface area (Å²) in [4.78, 5) is 36.7. The Hall–Kier alpha value is -1.75. The average Bonchev–Trinajstić information content (AvgIpc) is 2.45. The van der Waals surface area contributed by atoms with Gasteiger partial charge in [0.15, 0.2) is 11.6 Å². The van der Waals surface area contributed by atoms with Crippen LogP contribution in [0, 0.1) is 11.3 Å². The largest absolute Gasteiger partial charge is 0.469 e. The second kappa shape index (κ2) is 4.91. The minimum Gasteiger partial charge on any atom is -0.469 e. The molecule has 0 amide bonds. The van der Waals surface area contributed by atoms with Crippen LogP contribution in [-0.2, 0) is 19.1 Å². The third-order valence-corrected chi connectivity index (χ3v) is 5.01. The molecule has 0 saturated heterocycles. The van der Waals surface area contributed by atoms with Crippen LogP contribution in [-0.4, -0.2) is 35.4 Å². The number of allylic oxidation sites excluding steroid dienone is 2. The van der Waals surface area contributed by atoms with Crippen LogP contribution in [0.5, 0.6) is 0 Å². The van der Waals surface area contributed by atoms with Crippen LogP contribution in [0.2, 0.25) is 0 Å². The number of ketones is 2. The van der Waals surface area contributed by atoms with Crippen molar-refractivity contribution in [3.63, 3.8) is 0 Å². The summed E-state index contributed by atoms with van der Waals surface area (Å²) >= 11 is 0. The van der Waals surface area contributed by atoms with E-state index in [2.05, 4.69) is 4.74 Å². The monoisotopic (exact) mass is 292 g/mol. The highest BCUT2D eigenvalue weighted by molar-refractivity contribution is 6.16. The molecule has 0 heterocycles. The van der Waals surface area contributed by atoms with Crippen molar-refractivity contribution in [1.82, 2.24) is 0 Å². The zero-order valence-corrected chi connectivity index (χ0v) is 12.7. The van der Waals surface area contributed by atoms with E-state index in [1.165, 1.54) is 13.2 Å². The van der Waals surface area contributed by atoms with E-state index in [1.807, 2.05) is 6.92 Å². The van der Waals surface area contributed by atoms with E-state index in [0.29, 0.717) is 5.57 Å². The summed E-state index contributed by atoms with van der Waals surface area (Å²) in [5, 5.41) is 10.9. The standard InChI is InChI=1S/C16H20O5/c1-9-5-6-16(20)12(17)7-10(2)14(19)15(16,3)11(9)8-13(18)21-4/h5,7,11,20H,6,8H2,1-4H3/t11-,15+,16+/m0/s1. The maximum Gasteiger partial charge on any atom is 0.306 e. The lowest BCUT2D eigenvalue weighted by Gasteiger charge is -2.51. The molecule has 0 radical (unpaired) electrons. The van der Waals surface area contributed by atoms with Gasteiger partial charge in [-0.15, -0.1) is 0 Å². The van der Waals surface area contributed by atoms with Crippen LogP contribution in [0.25, 0.3) is 0 Å². The molecule has 0 bridgehead atoms. The van der Waals surface area contributed by atoms with Gasteiger partial charge in [-0.05, 0) is 32.4 Å². The summed E-state index contributed by atoms with van der Waals surface area (Å²) in [5.41, 5.74) is -1.99. The number of carbonyl (C=O) groups is 3. The van der Waals surface area contributed by atoms with E-state index >= 15 is 0 Å². The number of fused-ring (bicyclic) bond motifs is 1. The third kappa shape index (κ3) is 1.99. The van der Waals surface area contributed by atoms with Crippen molar-refractivity contribution < 1.29 is 24.2 Å². The van der Waals surface area contributed by atoms with Crippen LogP contribution in [0.4, 0.5) is 0 Å². The lowest BCUT2D eigenvalue weighted by Crippen LogP contribution is -2.63. The molecule has 3 atom stereocenters. The molecule has 0 spiro atoms. The van der Waals surface area contributed by atoms with Crippen LogP contribution >= 0.6 is 0 Å². The second-order valence-electron chi connectivity index (χ2n) is 6.07. The minimum atomic E-state index is -1.79. The number of aliphatic hydroxyl groups is 1. The molecule has 0 aromatic rings. The first-order chi connectivity index (χ1) is 9.68. The Morgan fingerprint density at radius 1 is 1.43 bits per heavy atom. The van der Waals surface area contributed by atoms with Gasteiger partial charge in [0.2, 0.25) is 0 Å². The van der Waals surface area contributed by atoms with E-state index in [1.54, 1.807) is 19.9 Å². The van der Waals surface area contributed by atoms with E-state index in [-0.39, 0.29) is 18.6 Å². The fraction of sp³-hybridized carbons (Fsp3) is 0.562. The lowest BCUT2D eigenvalue weighted by atomic mass is 9.52. The van der Waals surface area contributed by atoms with E-state index in [9.17, 15) is 19.5 Å². The number of methoxy groups -OCH3 is 1. The molecule has 5 heteroatoms. The van der Waals surface area contributed by atoms with Crippen molar-refractivity contribution >= 4 is 17.5 Å². The number of carbonyl (C=O) groups excluding carboxylic acids is 3. The molecule has 5 nitrogen and oxygen atoms in total. The summed E-state index contributed by atoms with van der Waals surface area (Å²) < 4.78 is 4.69. The van der Waals surface area contributed by atoms with Gasteiger partial charge < -0.3 is 9.84 Å². The van der Waals surface area contributed by atoms with E-state index in [0.717, 1.165) is 5.57 Å². The highest BCUT2D eigenvalue weighted by Crippen LogP contribution is 2.53. The van der Waals surface area contributed by atoms with Gasteiger partial charge in [0.1, 0.15) is 5.60 Å². The number of hydrogen-bond donors (Lipinski definition) is 1. The number of hydrogen-bond acceptors (Lipinski definition) is 5. The Morgan fingerprint density at radius 2 is 2.05 bits per heavy atom. The van der Waals surface area contributed by atoms with Gasteiger partial charge in [-0.2, -0.15) is 0 Å². The molecule has 0 aromatic carbocycles. The maximum absolute atomic E-state index is 12.7. The molecule has 0 unspecified atom stereocenters. The minimum absolute atomic E-state index is 0.0378. The van der Waals surface area contributed by atoms with Gasteiger partial charge in [-0.1, -0.05) is 11.6 Å². The fourth-order valence-corrected chi connectivity index (χ4v) is 3.52. The maximum atomic E-state index is 12.7. The Kier molecular flexibility index (Phi) is 3.66. The van der Waals surface area contributed by atoms with E-state index in [4.69, 9.17) is 0 Å². The summed E-state index contributed by atoms with van der Waals surface area (Å²) in [7, 11) is 1.28. The van der Waals surface area contributed by atoms with Crippen LogP contribution < -0.4 is 0 Å². The molecule has 0 aliphatic heterocycles. The summed E-state index contributed by atoms with van der Waals surface area (Å²) in [6.07, 6.45) is 2.98. The molecule has 21 heavy (non-hydrogen) atoms. The van der Waals surface area contributed by atoms with Gasteiger partial charge in [0.05, 0.1) is 18.9 Å². The van der Waals surface area contributed by atoms with Crippen LogP contribution in [0.15, 0.2) is 23.3 Å². The molecular weight excluding hydrogens is 272 g/mol. The van der Waals surface area contributed by atoms with Crippen molar-refractivity contribution in [2.45, 2.75) is 39.2 Å². The van der Waals surface area contributed by atoms with Gasteiger partial charge >= 0.3 is 5.97 Å². The first-order valence-corrected chi connectivity index (χ1v) is 6.92. The Balaban J connectivity index is 2.60. The van der Waals surface area contributed by atoms with Gasteiger partial charge in [0, 0.05) is 12.3 Å². The third-order valence-electron chi connectivity index (χ3n) is 5.01. The molecule has 2 aliphatic carbocycles. The summed E-state index contributed by atoms with van der Waals surface area (Å²) in [6.45, 7) is 4.95. The zero-order chi connectivity index (χ0) is 16.0. The first kappa shape index (κ1) is 15.6. The second-order valence-corrected chi connectivity index (χ2v) is 6.07. The molecule has 0 aromatic heterocycles. The van der Waals surface area contributed by atoms with Crippen LogP contribution in [0.1, 0.15) is 33.6 Å². The molecular formula is C16H20O5. The SMILES string of the molecule is COC(=O)C[C@H]1C(C)=CC[C@@]2(O)C(=O)C=C(C)C(=O)[C@@]12C. The van der Waals surface area contributed by atoms with Crippen molar-refractivity contribution in [3.05, 3.63) is 23.3 Å². The topological polar surface area (TPSA) is 80.7 Å². The van der Waals surface area contributed by atoms with Crippen LogP contribution in [0.3, 0.4) is 0 Å². The number of rotatable bonds is 2. The summed E-state index contributed by atoms with van der Waals surface area (Å²) in [6, 6.07) is 0. The molecule has 1 N–H and O–H groups in total. The smallest absolute Gasteiger partial charge is 0.306 e. The predicted molar refractivity (Wildman–Crippen MR) is 75.3 cm³/mol. The highest BCUT2D eigenvalue weighted by Gasteiger charge is 2.63. The van der Waals surface area contributed by atoms with Gasteiger partial charge in [-0.3, -0.25) is 14.4 Å².